The molecule has 0 bridgehead atoms. The first-order valence-electron chi connectivity index (χ1n) is 8.66. The van der Waals surface area contributed by atoms with Crippen LogP contribution < -0.4 is 10.1 Å². The molecule has 0 radical (unpaired) electrons. The predicted molar refractivity (Wildman–Crippen MR) is 95.0 cm³/mol. The van der Waals surface area contributed by atoms with E-state index in [0.717, 1.165) is 23.4 Å². The lowest BCUT2D eigenvalue weighted by Gasteiger charge is -2.14. The number of hydrogen-bond donors (Lipinski definition) is 1. The van der Waals surface area contributed by atoms with Crippen molar-refractivity contribution in [2.75, 3.05) is 0 Å². The zero-order valence-corrected chi connectivity index (χ0v) is 14.6. The summed E-state index contributed by atoms with van der Waals surface area (Å²) in [5.74, 6) is 0.788. The highest BCUT2D eigenvalue weighted by Gasteiger charge is 2.34. The van der Waals surface area contributed by atoms with Gasteiger partial charge in [0.15, 0.2) is 0 Å². The Morgan fingerprint density at radius 1 is 1.24 bits per heavy atom. The summed E-state index contributed by atoms with van der Waals surface area (Å²) in [6.07, 6.45) is 2.67. The Bertz CT molecular complexity index is 688. The van der Waals surface area contributed by atoms with E-state index in [1.54, 1.807) is 6.20 Å². The number of hydrogen-bond acceptors (Lipinski definition) is 4. The van der Waals surface area contributed by atoms with Gasteiger partial charge in [0, 0.05) is 12.7 Å². The number of nitrogens with one attached hydrogen (secondary N) is 1. The van der Waals surface area contributed by atoms with E-state index in [-0.39, 0.29) is 24.0 Å². The van der Waals surface area contributed by atoms with Crippen LogP contribution in [0.4, 0.5) is 0 Å². The van der Waals surface area contributed by atoms with Crippen LogP contribution in [0.1, 0.15) is 31.5 Å². The maximum absolute atomic E-state index is 12.3. The van der Waals surface area contributed by atoms with Crippen molar-refractivity contribution in [3.05, 3.63) is 59.9 Å². The van der Waals surface area contributed by atoms with Crippen molar-refractivity contribution >= 4 is 5.91 Å². The molecule has 25 heavy (non-hydrogen) atoms. The lowest BCUT2D eigenvalue weighted by Crippen LogP contribution is -2.33. The second-order valence-electron chi connectivity index (χ2n) is 6.47. The first-order valence-corrected chi connectivity index (χ1v) is 8.66. The van der Waals surface area contributed by atoms with E-state index in [0.29, 0.717) is 13.2 Å². The fourth-order valence-corrected chi connectivity index (χ4v) is 3.05. The lowest BCUT2D eigenvalue weighted by atomic mass is 9.99. The third-order valence-corrected chi connectivity index (χ3v) is 4.44. The Labute approximate surface area is 148 Å². The fourth-order valence-electron chi connectivity index (χ4n) is 3.05. The predicted octanol–water partition coefficient (Wildman–Crippen LogP) is 3.09. The number of nitrogens with zero attached hydrogens (tertiary/aromatic N) is 1. The van der Waals surface area contributed by atoms with E-state index in [4.69, 9.17) is 9.47 Å². The second-order valence-corrected chi connectivity index (χ2v) is 6.47. The molecule has 5 nitrogen and oxygen atoms in total. The summed E-state index contributed by atoms with van der Waals surface area (Å²) in [7, 11) is 0. The van der Waals surface area contributed by atoms with Crippen LogP contribution in [-0.4, -0.2) is 23.1 Å². The topological polar surface area (TPSA) is 60.5 Å². The monoisotopic (exact) mass is 340 g/mol. The van der Waals surface area contributed by atoms with Crippen LogP contribution in [0.5, 0.6) is 5.75 Å². The van der Waals surface area contributed by atoms with E-state index >= 15 is 0 Å². The summed E-state index contributed by atoms with van der Waals surface area (Å²) in [6.45, 7) is 4.92. The minimum atomic E-state index is -0.0593. The molecular weight excluding hydrogens is 316 g/mol. The van der Waals surface area contributed by atoms with Crippen LogP contribution in [0.2, 0.25) is 0 Å². The summed E-state index contributed by atoms with van der Waals surface area (Å²) < 4.78 is 11.4. The summed E-state index contributed by atoms with van der Waals surface area (Å²) in [6, 6.07) is 13.5. The van der Waals surface area contributed by atoms with Crippen LogP contribution in [0, 0.1) is 5.92 Å². The van der Waals surface area contributed by atoms with Gasteiger partial charge in [-0.25, -0.2) is 0 Å². The number of carbonyl (C=O) groups is 1. The van der Waals surface area contributed by atoms with Crippen molar-refractivity contribution in [1.29, 1.82) is 0 Å². The molecule has 0 spiro atoms. The molecule has 132 valence electrons. The van der Waals surface area contributed by atoms with Crippen molar-refractivity contribution in [3.63, 3.8) is 0 Å². The molecule has 3 rings (SSSR count). The number of benzene rings is 1. The van der Waals surface area contributed by atoms with Gasteiger partial charge in [0.05, 0.1) is 23.8 Å². The average Bonchev–Trinajstić information content (AvgIpc) is 2.98. The quantitative estimate of drug-likeness (QED) is 0.878. The molecule has 1 saturated heterocycles. The van der Waals surface area contributed by atoms with Crippen LogP contribution in [0.3, 0.4) is 0 Å². The largest absolute Gasteiger partial charge is 0.487 e. The standard InChI is InChI=1S/C20H24N2O3/c1-14-11-19(15(2)25-14)20(23)22-12-16-6-8-18(9-7-16)24-13-17-5-3-4-10-21-17/h3-10,14-15,19H,11-13H2,1-2H3,(H,22,23). The van der Waals surface area contributed by atoms with Crippen molar-refractivity contribution in [1.82, 2.24) is 10.3 Å². The smallest absolute Gasteiger partial charge is 0.226 e. The van der Waals surface area contributed by atoms with Gasteiger partial charge in [0.2, 0.25) is 5.91 Å². The van der Waals surface area contributed by atoms with Crippen molar-refractivity contribution in [2.45, 2.75) is 45.6 Å². The summed E-state index contributed by atoms with van der Waals surface area (Å²) in [5.41, 5.74) is 1.93. The van der Waals surface area contributed by atoms with Gasteiger partial charge < -0.3 is 14.8 Å². The van der Waals surface area contributed by atoms with Gasteiger partial charge in [0.1, 0.15) is 12.4 Å². The molecule has 1 aliphatic rings. The SMILES string of the molecule is CC1CC(C(=O)NCc2ccc(OCc3ccccn3)cc2)C(C)O1. The van der Waals surface area contributed by atoms with Crippen LogP contribution in [0.25, 0.3) is 0 Å². The Balaban J connectivity index is 1.47. The minimum absolute atomic E-state index is 0.0163. The number of ether oxygens (including phenoxy) is 2. The zero-order valence-electron chi connectivity index (χ0n) is 14.6. The Morgan fingerprint density at radius 2 is 2.04 bits per heavy atom. The summed E-state index contributed by atoms with van der Waals surface area (Å²) in [5, 5.41) is 3.00. The van der Waals surface area contributed by atoms with Gasteiger partial charge in [-0.05, 0) is 50.1 Å². The summed E-state index contributed by atoms with van der Waals surface area (Å²) >= 11 is 0. The van der Waals surface area contributed by atoms with E-state index in [1.165, 1.54) is 0 Å². The highest BCUT2D eigenvalue weighted by molar-refractivity contribution is 5.79. The van der Waals surface area contributed by atoms with Gasteiger partial charge in [-0.15, -0.1) is 0 Å². The van der Waals surface area contributed by atoms with Crippen molar-refractivity contribution < 1.29 is 14.3 Å². The number of amides is 1. The lowest BCUT2D eigenvalue weighted by molar-refractivity contribution is -0.126. The Morgan fingerprint density at radius 3 is 2.68 bits per heavy atom. The van der Waals surface area contributed by atoms with Crippen molar-refractivity contribution in [3.8, 4) is 5.75 Å². The number of carbonyl (C=O) groups excluding carboxylic acids is 1. The highest BCUT2D eigenvalue weighted by Crippen LogP contribution is 2.26. The number of aromatic nitrogens is 1. The van der Waals surface area contributed by atoms with Gasteiger partial charge in [0.25, 0.3) is 0 Å². The van der Waals surface area contributed by atoms with E-state index < -0.39 is 0 Å². The van der Waals surface area contributed by atoms with Gasteiger partial charge in [-0.1, -0.05) is 18.2 Å². The van der Waals surface area contributed by atoms with E-state index in [1.807, 2.05) is 56.3 Å². The maximum atomic E-state index is 12.3. The molecule has 0 saturated carbocycles. The Hall–Kier alpha value is -2.40. The molecule has 3 atom stereocenters. The third kappa shape index (κ3) is 4.79. The molecule has 0 aliphatic carbocycles. The van der Waals surface area contributed by atoms with Crippen LogP contribution in [-0.2, 0) is 22.7 Å². The Kier molecular flexibility index (Phi) is 5.66. The number of pyridine rings is 1. The molecule has 2 aromatic rings. The normalized spacial score (nSPS) is 22.6. The summed E-state index contributed by atoms with van der Waals surface area (Å²) in [4.78, 5) is 16.5. The van der Waals surface area contributed by atoms with Crippen LogP contribution >= 0.6 is 0 Å². The second kappa shape index (κ2) is 8.12. The third-order valence-electron chi connectivity index (χ3n) is 4.44. The molecule has 2 heterocycles. The first kappa shape index (κ1) is 17.4. The molecular formula is C20H24N2O3. The molecule has 1 fully saturated rings. The molecule has 3 unspecified atom stereocenters. The minimum Gasteiger partial charge on any atom is -0.487 e. The molecule has 5 heteroatoms. The molecule has 1 aromatic carbocycles. The zero-order chi connectivity index (χ0) is 17.6. The molecule has 1 amide bonds. The maximum Gasteiger partial charge on any atom is 0.226 e. The first-order chi connectivity index (χ1) is 12.1. The van der Waals surface area contributed by atoms with E-state index in [9.17, 15) is 4.79 Å². The van der Waals surface area contributed by atoms with Gasteiger partial charge >= 0.3 is 0 Å². The molecule has 1 N–H and O–H groups in total. The average molecular weight is 340 g/mol. The van der Waals surface area contributed by atoms with E-state index in [2.05, 4.69) is 10.3 Å². The number of rotatable bonds is 6. The molecule has 1 aliphatic heterocycles. The fraction of sp³-hybridized carbons (Fsp3) is 0.400. The molecule has 1 aromatic heterocycles. The van der Waals surface area contributed by atoms with Gasteiger partial charge in [-0.2, -0.15) is 0 Å². The van der Waals surface area contributed by atoms with Crippen molar-refractivity contribution in [2.24, 2.45) is 5.92 Å². The van der Waals surface area contributed by atoms with Crippen LogP contribution in [0.15, 0.2) is 48.7 Å². The van der Waals surface area contributed by atoms with Gasteiger partial charge in [-0.3, -0.25) is 9.78 Å². The highest BCUT2D eigenvalue weighted by atomic mass is 16.5.